The van der Waals surface area contributed by atoms with Gasteiger partial charge in [-0.2, -0.15) is 0 Å². The fraction of sp³-hybridized carbons (Fsp3) is 0.400. The highest BCUT2D eigenvalue weighted by Gasteiger charge is 2.16. The zero-order valence-corrected chi connectivity index (χ0v) is 11.7. The number of fused-ring (bicyclic) bond motifs is 1. The molecule has 20 heavy (non-hydrogen) atoms. The Morgan fingerprint density at radius 1 is 1.50 bits per heavy atom. The lowest BCUT2D eigenvalue weighted by Gasteiger charge is -2.14. The minimum absolute atomic E-state index is 0.238. The molecule has 0 aromatic carbocycles. The number of anilines is 2. The van der Waals surface area contributed by atoms with Crippen LogP contribution in [0.3, 0.4) is 0 Å². The first kappa shape index (κ1) is 14.7. The molecule has 2 rings (SSSR count). The number of ether oxygens (including phenoxy) is 1. The van der Waals surface area contributed by atoms with Crippen molar-refractivity contribution < 1.29 is 19.1 Å². The van der Waals surface area contributed by atoms with Crippen LogP contribution in [0.2, 0.25) is 0 Å². The molecule has 0 saturated carbocycles. The van der Waals surface area contributed by atoms with Crippen LogP contribution >= 0.6 is 7.60 Å². The number of nitrogens with two attached hydrogens (primary N) is 2. The molecule has 0 unspecified atom stereocenters. The second-order valence-corrected chi connectivity index (χ2v) is 6.06. The lowest BCUT2D eigenvalue weighted by molar-refractivity contribution is 0.0765. The summed E-state index contributed by atoms with van der Waals surface area (Å²) in [5, 5.41) is 0. The second kappa shape index (κ2) is 5.37. The van der Waals surface area contributed by atoms with E-state index in [1.807, 2.05) is 0 Å². The molecule has 0 aliphatic rings. The summed E-state index contributed by atoms with van der Waals surface area (Å²) in [6, 6.07) is 1.63. The Balaban J connectivity index is 2.16. The summed E-state index contributed by atoms with van der Waals surface area (Å²) < 4.78 is 17.6. The molecule has 0 aliphatic carbocycles. The van der Waals surface area contributed by atoms with E-state index in [0.717, 1.165) is 0 Å². The Labute approximate surface area is 114 Å². The third kappa shape index (κ3) is 3.45. The summed E-state index contributed by atoms with van der Waals surface area (Å²) in [6.07, 6.45) is 0.530. The highest BCUT2D eigenvalue weighted by molar-refractivity contribution is 7.51. The zero-order chi connectivity index (χ0) is 14.9. The molecule has 110 valence electrons. The van der Waals surface area contributed by atoms with Crippen LogP contribution in [0.25, 0.3) is 11.0 Å². The molecule has 0 aliphatic heterocycles. The third-order valence-electron chi connectivity index (χ3n) is 2.64. The van der Waals surface area contributed by atoms with Crippen LogP contribution in [0.15, 0.2) is 12.4 Å². The van der Waals surface area contributed by atoms with Crippen molar-refractivity contribution in [1.82, 2.24) is 14.5 Å². The molecular weight excluding hydrogens is 285 g/mol. The molecule has 10 heteroatoms. The lowest BCUT2D eigenvalue weighted by atomic mass is 10.3. The first-order chi connectivity index (χ1) is 9.26. The molecule has 6 N–H and O–H groups in total. The molecule has 2 aromatic rings. The van der Waals surface area contributed by atoms with Crippen molar-refractivity contribution in [3.8, 4) is 0 Å². The molecule has 9 nitrogen and oxygen atoms in total. The van der Waals surface area contributed by atoms with Crippen LogP contribution in [0, 0.1) is 0 Å². The molecule has 2 aromatic heterocycles. The van der Waals surface area contributed by atoms with Gasteiger partial charge in [0.05, 0.1) is 24.5 Å². The van der Waals surface area contributed by atoms with Gasteiger partial charge in [-0.05, 0) is 6.92 Å². The van der Waals surface area contributed by atoms with Crippen LogP contribution < -0.4 is 11.5 Å². The normalized spacial score (nSPS) is 13.8. The zero-order valence-electron chi connectivity index (χ0n) is 10.8. The number of nitrogens with zero attached hydrogens (tertiary/aromatic N) is 3. The standard InChI is InChI=1S/C10H16N5O4P/c1-6(19-5-20(16,17)18)3-15-4-13-9-7(15)2-8(11)14-10(9)12/h2,4,6H,3,5H2,1H3,(H4,11,12,14)(H2,16,17,18)/t6-/m1/s1. The monoisotopic (exact) mass is 301 g/mol. The molecule has 0 fully saturated rings. The van der Waals surface area contributed by atoms with Crippen molar-refractivity contribution in [2.75, 3.05) is 17.8 Å². The summed E-state index contributed by atoms with van der Waals surface area (Å²) in [6.45, 7) is 2.06. The van der Waals surface area contributed by atoms with Gasteiger partial charge in [-0.15, -0.1) is 0 Å². The van der Waals surface area contributed by atoms with Gasteiger partial charge in [0.1, 0.15) is 17.7 Å². The van der Waals surface area contributed by atoms with Crippen molar-refractivity contribution in [2.45, 2.75) is 19.6 Å². The number of hydrogen-bond donors (Lipinski definition) is 4. The van der Waals surface area contributed by atoms with Gasteiger partial charge in [0.25, 0.3) is 0 Å². The van der Waals surface area contributed by atoms with Gasteiger partial charge in [0.2, 0.25) is 0 Å². The smallest absolute Gasteiger partial charge is 0.350 e. The molecular formula is C10H16N5O4P. The molecule has 2 heterocycles. The average molecular weight is 301 g/mol. The molecule has 0 saturated heterocycles. The van der Waals surface area contributed by atoms with E-state index in [2.05, 4.69) is 9.97 Å². The molecule has 1 atom stereocenters. The Hall–Kier alpha value is -1.67. The van der Waals surface area contributed by atoms with Gasteiger partial charge in [-0.25, -0.2) is 9.97 Å². The van der Waals surface area contributed by atoms with E-state index >= 15 is 0 Å². The largest absolute Gasteiger partial charge is 0.384 e. The maximum atomic E-state index is 10.7. The summed E-state index contributed by atoms with van der Waals surface area (Å²) in [5.41, 5.74) is 12.6. The fourth-order valence-electron chi connectivity index (χ4n) is 1.80. The van der Waals surface area contributed by atoms with Crippen LogP contribution in [0.4, 0.5) is 11.6 Å². The lowest BCUT2D eigenvalue weighted by Crippen LogP contribution is -2.17. The van der Waals surface area contributed by atoms with E-state index in [1.165, 1.54) is 0 Å². The predicted octanol–water partition coefficient (Wildman–Crippen LogP) is 0.136. The van der Waals surface area contributed by atoms with Gasteiger partial charge in [-0.3, -0.25) is 4.57 Å². The topological polar surface area (TPSA) is 150 Å². The predicted molar refractivity (Wildman–Crippen MR) is 73.8 cm³/mol. The molecule has 0 radical (unpaired) electrons. The third-order valence-corrected chi connectivity index (χ3v) is 3.12. The summed E-state index contributed by atoms with van der Waals surface area (Å²) in [4.78, 5) is 25.6. The number of pyridine rings is 1. The molecule has 0 bridgehead atoms. The van der Waals surface area contributed by atoms with Crippen molar-refractivity contribution in [1.29, 1.82) is 0 Å². The van der Waals surface area contributed by atoms with Gasteiger partial charge in [0.15, 0.2) is 5.82 Å². The summed E-state index contributed by atoms with van der Waals surface area (Å²) in [5.74, 6) is 0.517. The van der Waals surface area contributed by atoms with E-state index in [-0.39, 0.29) is 11.6 Å². The van der Waals surface area contributed by atoms with Crippen molar-refractivity contribution in [2.24, 2.45) is 0 Å². The highest BCUT2D eigenvalue weighted by atomic mass is 31.2. The van der Waals surface area contributed by atoms with Crippen molar-refractivity contribution in [3.05, 3.63) is 12.4 Å². The summed E-state index contributed by atoms with van der Waals surface area (Å²) in [7, 11) is -4.17. The Bertz CT molecular complexity index is 667. The fourth-order valence-corrected chi connectivity index (χ4v) is 2.25. The van der Waals surface area contributed by atoms with Gasteiger partial charge >= 0.3 is 7.60 Å². The van der Waals surface area contributed by atoms with Gasteiger partial charge in [-0.1, -0.05) is 0 Å². The van der Waals surface area contributed by atoms with E-state index in [1.54, 1.807) is 23.9 Å². The number of nitrogen functional groups attached to an aromatic ring is 2. The quantitative estimate of drug-likeness (QED) is 0.569. The van der Waals surface area contributed by atoms with E-state index in [4.69, 9.17) is 26.0 Å². The average Bonchev–Trinajstić information content (AvgIpc) is 2.69. The number of rotatable bonds is 5. The van der Waals surface area contributed by atoms with Crippen LogP contribution in [-0.4, -0.2) is 36.8 Å². The van der Waals surface area contributed by atoms with Gasteiger partial charge in [0, 0.05) is 6.07 Å². The molecule has 0 amide bonds. The Morgan fingerprint density at radius 3 is 2.85 bits per heavy atom. The van der Waals surface area contributed by atoms with Gasteiger partial charge < -0.3 is 30.6 Å². The summed E-state index contributed by atoms with van der Waals surface area (Å²) >= 11 is 0. The maximum absolute atomic E-state index is 10.7. The first-order valence-corrected chi connectivity index (χ1v) is 7.59. The minimum atomic E-state index is -4.17. The SMILES string of the molecule is C[C@H](Cn1cnc2c(N)nc(N)cc21)OCP(=O)(O)O. The van der Waals surface area contributed by atoms with E-state index in [0.29, 0.717) is 17.6 Å². The first-order valence-electron chi connectivity index (χ1n) is 5.79. The number of aromatic nitrogens is 3. The number of hydrogen-bond acceptors (Lipinski definition) is 6. The molecule has 0 spiro atoms. The van der Waals surface area contributed by atoms with Crippen molar-refractivity contribution >= 4 is 30.3 Å². The Morgan fingerprint density at radius 2 is 2.20 bits per heavy atom. The van der Waals surface area contributed by atoms with Crippen LogP contribution in [0.5, 0.6) is 0 Å². The Kier molecular flexibility index (Phi) is 3.96. The highest BCUT2D eigenvalue weighted by Crippen LogP contribution is 2.34. The number of imidazole rings is 1. The van der Waals surface area contributed by atoms with Crippen LogP contribution in [-0.2, 0) is 15.8 Å². The van der Waals surface area contributed by atoms with E-state index < -0.39 is 20.0 Å². The second-order valence-electron chi connectivity index (χ2n) is 4.47. The minimum Gasteiger partial charge on any atom is -0.384 e. The van der Waals surface area contributed by atoms with Crippen LogP contribution in [0.1, 0.15) is 6.92 Å². The maximum Gasteiger partial charge on any atom is 0.350 e. The van der Waals surface area contributed by atoms with Crippen molar-refractivity contribution in [3.63, 3.8) is 0 Å². The van der Waals surface area contributed by atoms with E-state index in [9.17, 15) is 4.57 Å².